The molecule has 5 nitrogen and oxygen atoms in total. The zero-order valence-electron chi connectivity index (χ0n) is 14.0. The van der Waals surface area contributed by atoms with Gasteiger partial charge in [-0.05, 0) is 35.7 Å². The molecule has 1 N–H and O–H groups in total. The number of nitrogens with zero attached hydrogens (tertiary/aromatic N) is 1. The minimum Gasteiger partial charge on any atom is -0.324 e. The van der Waals surface area contributed by atoms with Crippen molar-refractivity contribution in [2.24, 2.45) is 0 Å². The van der Waals surface area contributed by atoms with Gasteiger partial charge in [0.15, 0.2) is 0 Å². The van der Waals surface area contributed by atoms with Crippen molar-refractivity contribution in [3.05, 3.63) is 71.2 Å². The van der Waals surface area contributed by atoms with Gasteiger partial charge in [0.05, 0.1) is 11.9 Å². The molecule has 0 aromatic heterocycles. The second-order valence-corrected chi connectivity index (χ2v) is 8.64. The number of benzene rings is 3. The molecule has 0 unspecified atom stereocenters. The summed E-state index contributed by atoms with van der Waals surface area (Å²) in [5.74, 6) is -0.408. The van der Waals surface area contributed by atoms with Gasteiger partial charge in [0.25, 0.3) is 0 Å². The van der Waals surface area contributed by atoms with Gasteiger partial charge in [-0.3, -0.25) is 9.10 Å². The number of sulfonamides is 1. The zero-order chi connectivity index (χ0) is 18.7. The zero-order valence-corrected chi connectivity index (χ0v) is 16.4. The molecule has 26 heavy (non-hydrogen) atoms. The number of hydrogen-bond acceptors (Lipinski definition) is 3. The number of anilines is 2. The molecule has 0 aliphatic heterocycles. The van der Waals surface area contributed by atoms with Crippen molar-refractivity contribution in [3.8, 4) is 0 Å². The molecular formula is C19H17BrN2O3S. The van der Waals surface area contributed by atoms with Gasteiger partial charge >= 0.3 is 0 Å². The highest BCUT2D eigenvalue weighted by Crippen LogP contribution is 2.24. The van der Waals surface area contributed by atoms with Gasteiger partial charge in [0.2, 0.25) is 15.9 Å². The second-order valence-electron chi connectivity index (χ2n) is 5.82. The quantitative estimate of drug-likeness (QED) is 0.662. The highest BCUT2D eigenvalue weighted by Gasteiger charge is 2.21. The van der Waals surface area contributed by atoms with E-state index in [1.807, 2.05) is 36.4 Å². The van der Waals surface area contributed by atoms with Crippen molar-refractivity contribution in [2.45, 2.75) is 0 Å². The molecule has 0 heterocycles. The van der Waals surface area contributed by atoms with Gasteiger partial charge in [-0.15, -0.1) is 0 Å². The van der Waals surface area contributed by atoms with Crippen molar-refractivity contribution in [2.75, 3.05) is 22.4 Å². The van der Waals surface area contributed by atoms with E-state index < -0.39 is 15.9 Å². The van der Waals surface area contributed by atoms with E-state index in [0.29, 0.717) is 11.4 Å². The summed E-state index contributed by atoms with van der Waals surface area (Å²) in [6, 6.07) is 20.0. The Morgan fingerprint density at radius 1 is 1.00 bits per heavy atom. The number of rotatable bonds is 5. The van der Waals surface area contributed by atoms with Gasteiger partial charge in [0, 0.05) is 15.5 Å². The molecule has 0 saturated heterocycles. The third kappa shape index (κ3) is 4.23. The number of amides is 1. The van der Waals surface area contributed by atoms with Crippen LogP contribution in [0.2, 0.25) is 0 Å². The Kier molecular flexibility index (Phi) is 5.29. The van der Waals surface area contributed by atoms with E-state index >= 15 is 0 Å². The van der Waals surface area contributed by atoms with Crippen LogP contribution < -0.4 is 9.62 Å². The standard InChI is InChI=1S/C19H17BrN2O3S/c1-26(24,25)22(16-11-9-15(20)10-12-16)13-19(23)21-18-8-4-6-14-5-2-3-7-17(14)18/h2-12H,13H2,1H3,(H,21,23). The van der Waals surface area contributed by atoms with Gasteiger partial charge in [-0.25, -0.2) is 8.42 Å². The molecule has 0 aliphatic rings. The van der Waals surface area contributed by atoms with Crippen LogP contribution in [-0.2, 0) is 14.8 Å². The summed E-state index contributed by atoms with van der Waals surface area (Å²) in [4.78, 5) is 12.5. The molecule has 0 aliphatic carbocycles. The maximum absolute atomic E-state index is 12.5. The molecule has 3 aromatic rings. The Bertz CT molecular complexity index is 1040. The molecule has 0 saturated carbocycles. The monoisotopic (exact) mass is 432 g/mol. The Hall–Kier alpha value is -2.38. The average Bonchev–Trinajstić information content (AvgIpc) is 2.60. The fourth-order valence-electron chi connectivity index (χ4n) is 2.66. The second kappa shape index (κ2) is 7.47. The first-order valence-corrected chi connectivity index (χ1v) is 10.5. The van der Waals surface area contributed by atoms with Crippen molar-refractivity contribution < 1.29 is 13.2 Å². The normalized spacial score (nSPS) is 11.3. The topological polar surface area (TPSA) is 66.5 Å². The van der Waals surface area contributed by atoms with Crippen LogP contribution in [0, 0.1) is 0 Å². The lowest BCUT2D eigenvalue weighted by molar-refractivity contribution is -0.114. The Balaban J connectivity index is 1.85. The first-order valence-electron chi connectivity index (χ1n) is 7.85. The molecule has 0 bridgehead atoms. The fraction of sp³-hybridized carbons (Fsp3) is 0.105. The van der Waals surface area contributed by atoms with Crippen LogP contribution >= 0.6 is 15.9 Å². The number of carbonyl (C=O) groups is 1. The van der Waals surface area contributed by atoms with Crippen LogP contribution in [0.15, 0.2) is 71.2 Å². The van der Waals surface area contributed by atoms with Crippen LogP contribution in [0.1, 0.15) is 0 Å². The third-order valence-corrected chi connectivity index (χ3v) is 5.54. The highest BCUT2D eigenvalue weighted by atomic mass is 79.9. The predicted molar refractivity (Wildman–Crippen MR) is 109 cm³/mol. The lowest BCUT2D eigenvalue weighted by Gasteiger charge is -2.22. The first kappa shape index (κ1) is 18.4. The van der Waals surface area contributed by atoms with E-state index in [2.05, 4.69) is 21.2 Å². The summed E-state index contributed by atoms with van der Waals surface area (Å²) in [7, 11) is -3.60. The summed E-state index contributed by atoms with van der Waals surface area (Å²) < 4.78 is 26.2. The number of nitrogens with one attached hydrogen (secondary N) is 1. The van der Waals surface area contributed by atoms with E-state index in [0.717, 1.165) is 25.8 Å². The maximum atomic E-state index is 12.5. The molecule has 3 aromatic carbocycles. The fourth-order valence-corrected chi connectivity index (χ4v) is 3.78. The van der Waals surface area contributed by atoms with Crippen LogP contribution in [0.5, 0.6) is 0 Å². The first-order chi connectivity index (χ1) is 12.3. The van der Waals surface area contributed by atoms with E-state index in [4.69, 9.17) is 0 Å². The lowest BCUT2D eigenvalue weighted by atomic mass is 10.1. The minimum absolute atomic E-state index is 0.302. The molecule has 7 heteroatoms. The largest absolute Gasteiger partial charge is 0.324 e. The van der Waals surface area contributed by atoms with Gasteiger partial charge in [0.1, 0.15) is 6.54 Å². The van der Waals surface area contributed by atoms with Gasteiger partial charge < -0.3 is 5.32 Å². The minimum atomic E-state index is -3.60. The molecule has 134 valence electrons. The lowest BCUT2D eigenvalue weighted by Crippen LogP contribution is -2.37. The number of fused-ring (bicyclic) bond motifs is 1. The van der Waals surface area contributed by atoms with Gasteiger partial charge in [-0.2, -0.15) is 0 Å². The summed E-state index contributed by atoms with van der Waals surface area (Å²) in [5.41, 5.74) is 1.08. The van der Waals surface area contributed by atoms with Crippen molar-refractivity contribution >= 4 is 54.0 Å². The van der Waals surface area contributed by atoms with E-state index in [1.165, 1.54) is 0 Å². The Morgan fingerprint density at radius 2 is 1.65 bits per heavy atom. The maximum Gasteiger partial charge on any atom is 0.245 e. The number of halogens is 1. The SMILES string of the molecule is CS(=O)(=O)N(CC(=O)Nc1cccc2ccccc12)c1ccc(Br)cc1. The molecule has 0 radical (unpaired) electrons. The van der Waals surface area contributed by atoms with E-state index in [1.54, 1.807) is 30.3 Å². The Morgan fingerprint density at radius 3 is 2.35 bits per heavy atom. The van der Waals surface area contributed by atoms with Crippen molar-refractivity contribution in [1.29, 1.82) is 0 Å². The highest BCUT2D eigenvalue weighted by molar-refractivity contribution is 9.10. The molecule has 3 rings (SSSR count). The molecule has 0 fully saturated rings. The number of carbonyl (C=O) groups excluding carboxylic acids is 1. The molecule has 1 amide bonds. The van der Waals surface area contributed by atoms with Crippen LogP contribution in [0.3, 0.4) is 0 Å². The van der Waals surface area contributed by atoms with Gasteiger partial charge in [-0.1, -0.05) is 52.3 Å². The third-order valence-electron chi connectivity index (χ3n) is 3.87. The van der Waals surface area contributed by atoms with Crippen LogP contribution in [-0.4, -0.2) is 27.1 Å². The summed E-state index contributed by atoms with van der Waals surface area (Å²) in [5, 5.41) is 4.71. The van der Waals surface area contributed by atoms with E-state index in [9.17, 15) is 13.2 Å². The van der Waals surface area contributed by atoms with Crippen LogP contribution in [0.4, 0.5) is 11.4 Å². The van der Waals surface area contributed by atoms with Crippen molar-refractivity contribution in [1.82, 2.24) is 0 Å². The molecule has 0 spiro atoms. The van der Waals surface area contributed by atoms with E-state index in [-0.39, 0.29) is 6.54 Å². The van der Waals surface area contributed by atoms with Crippen LogP contribution in [0.25, 0.3) is 10.8 Å². The summed E-state index contributed by atoms with van der Waals surface area (Å²) >= 11 is 3.32. The predicted octanol–water partition coefficient (Wildman–Crippen LogP) is 4.01. The molecule has 0 atom stereocenters. The van der Waals surface area contributed by atoms with Crippen molar-refractivity contribution in [3.63, 3.8) is 0 Å². The number of hydrogen-bond donors (Lipinski definition) is 1. The summed E-state index contributed by atoms with van der Waals surface area (Å²) in [6.07, 6.45) is 1.08. The smallest absolute Gasteiger partial charge is 0.245 e. The summed E-state index contributed by atoms with van der Waals surface area (Å²) in [6.45, 7) is -0.302. The Labute approximate surface area is 160 Å². The molecular weight excluding hydrogens is 416 g/mol. The average molecular weight is 433 g/mol.